The maximum Gasteiger partial charge on any atom is 0.326 e. The smallest absolute Gasteiger partial charge is 0.326 e. The zero-order valence-corrected chi connectivity index (χ0v) is 11.5. The molecular weight excluding hydrogens is 258 g/mol. The van der Waals surface area contributed by atoms with Gasteiger partial charge >= 0.3 is 5.97 Å². The van der Waals surface area contributed by atoms with Gasteiger partial charge in [-0.3, -0.25) is 4.79 Å². The number of carboxylic acid groups (broad SMARTS) is 1. The van der Waals surface area contributed by atoms with E-state index in [0.717, 1.165) is 24.8 Å². The lowest BCUT2D eigenvalue weighted by Crippen LogP contribution is -2.41. The Morgan fingerprint density at radius 2 is 2.20 bits per heavy atom. The Bertz CT molecular complexity index is 513. The molecule has 0 radical (unpaired) electrons. The van der Waals surface area contributed by atoms with E-state index in [0.29, 0.717) is 12.2 Å². The minimum atomic E-state index is -1.04. The van der Waals surface area contributed by atoms with E-state index < -0.39 is 12.0 Å². The highest BCUT2D eigenvalue weighted by Crippen LogP contribution is 2.25. The summed E-state index contributed by atoms with van der Waals surface area (Å²) in [7, 11) is 1.50. The summed E-state index contributed by atoms with van der Waals surface area (Å²) in [5.74, 6) is -1.35. The van der Waals surface area contributed by atoms with Gasteiger partial charge in [-0.2, -0.15) is 0 Å². The molecule has 0 saturated carbocycles. The molecule has 0 fully saturated rings. The lowest BCUT2D eigenvalue weighted by atomic mass is 10.0. The first-order valence-electron chi connectivity index (χ1n) is 6.77. The molecule has 20 heavy (non-hydrogen) atoms. The third-order valence-electron chi connectivity index (χ3n) is 3.60. The van der Waals surface area contributed by atoms with E-state index in [1.807, 2.05) is 12.1 Å². The number of benzene rings is 1. The molecule has 1 aliphatic carbocycles. The molecule has 5 heteroatoms. The van der Waals surface area contributed by atoms with Crippen molar-refractivity contribution in [2.24, 2.45) is 0 Å². The van der Waals surface area contributed by atoms with Gasteiger partial charge < -0.3 is 15.2 Å². The molecule has 1 amide bonds. The van der Waals surface area contributed by atoms with Crippen molar-refractivity contribution in [3.63, 3.8) is 0 Å². The first-order valence-corrected chi connectivity index (χ1v) is 6.77. The second kappa shape index (κ2) is 6.52. The summed E-state index contributed by atoms with van der Waals surface area (Å²) < 4.78 is 4.87. The molecule has 0 saturated heterocycles. The molecule has 1 aromatic rings. The van der Waals surface area contributed by atoms with Crippen LogP contribution >= 0.6 is 0 Å². The van der Waals surface area contributed by atoms with Gasteiger partial charge in [0.25, 0.3) is 5.91 Å². The molecule has 0 aliphatic heterocycles. The number of methoxy groups -OCH3 is 1. The summed E-state index contributed by atoms with van der Waals surface area (Å²) in [6, 6.07) is 4.72. The van der Waals surface area contributed by atoms with Crippen LogP contribution in [-0.4, -0.2) is 36.7 Å². The largest absolute Gasteiger partial charge is 0.480 e. The number of amides is 1. The number of hydrogen-bond acceptors (Lipinski definition) is 3. The number of carboxylic acids is 1. The van der Waals surface area contributed by atoms with Crippen LogP contribution in [0.4, 0.5) is 0 Å². The number of nitrogens with one attached hydrogen (secondary N) is 1. The number of carbonyl (C=O) groups excluding carboxylic acids is 1. The predicted octanol–water partition coefficient (Wildman–Crippen LogP) is 1.39. The summed E-state index contributed by atoms with van der Waals surface area (Å²) in [5, 5.41) is 11.7. The molecule has 1 atom stereocenters. The van der Waals surface area contributed by atoms with Crippen LogP contribution in [0.3, 0.4) is 0 Å². The summed E-state index contributed by atoms with van der Waals surface area (Å²) in [6.45, 7) is 0.296. The molecule has 2 rings (SSSR count). The fraction of sp³-hybridized carbons (Fsp3) is 0.467. The number of ether oxygens (including phenoxy) is 1. The van der Waals surface area contributed by atoms with E-state index in [-0.39, 0.29) is 12.3 Å². The molecular formula is C15H19NO4. The minimum Gasteiger partial charge on any atom is -0.480 e. The zero-order valence-electron chi connectivity index (χ0n) is 11.5. The molecule has 0 aromatic heterocycles. The van der Waals surface area contributed by atoms with Crippen molar-refractivity contribution in [1.29, 1.82) is 0 Å². The van der Waals surface area contributed by atoms with Crippen LogP contribution < -0.4 is 5.32 Å². The van der Waals surface area contributed by atoms with E-state index in [1.54, 1.807) is 6.07 Å². The maximum atomic E-state index is 12.3. The SMILES string of the molecule is COCCC(NC(=O)c1cccc2c1CCC2)C(=O)O. The average Bonchev–Trinajstić information content (AvgIpc) is 2.90. The van der Waals surface area contributed by atoms with Crippen LogP contribution in [0.1, 0.15) is 34.3 Å². The van der Waals surface area contributed by atoms with Gasteiger partial charge in [0.1, 0.15) is 6.04 Å². The van der Waals surface area contributed by atoms with Gasteiger partial charge in [-0.1, -0.05) is 12.1 Å². The van der Waals surface area contributed by atoms with Gasteiger partial charge in [-0.25, -0.2) is 4.79 Å². The fourth-order valence-electron chi connectivity index (χ4n) is 2.56. The van der Waals surface area contributed by atoms with Crippen LogP contribution in [0.25, 0.3) is 0 Å². The molecule has 0 bridgehead atoms. The zero-order chi connectivity index (χ0) is 14.5. The van der Waals surface area contributed by atoms with Gasteiger partial charge in [-0.15, -0.1) is 0 Å². The van der Waals surface area contributed by atoms with Crippen molar-refractivity contribution in [3.05, 3.63) is 34.9 Å². The standard InChI is InChI=1S/C15H19NO4/c1-20-9-8-13(15(18)19)16-14(17)12-7-3-5-10-4-2-6-11(10)12/h3,5,7,13H,2,4,6,8-9H2,1H3,(H,16,17)(H,18,19). The summed E-state index contributed by atoms with van der Waals surface area (Å²) >= 11 is 0. The van der Waals surface area contributed by atoms with Crippen molar-refractivity contribution >= 4 is 11.9 Å². The van der Waals surface area contributed by atoms with Crippen LogP contribution in [0.15, 0.2) is 18.2 Å². The minimum absolute atomic E-state index is 0.257. The third-order valence-corrected chi connectivity index (χ3v) is 3.60. The molecule has 1 aromatic carbocycles. The normalized spacial score (nSPS) is 14.7. The van der Waals surface area contributed by atoms with Crippen molar-refractivity contribution in [2.45, 2.75) is 31.7 Å². The second-order valence-corrected chi connectivity index (χ2v) is 4.94. The van der Waals surface area contributed by atoms with Gasteiger partial charge in [0.05, 0.1) is 0 Å². The number of fused-ring (bicyclic) bond motifs is 1. The lowest BCUT2D eigenvalue weighted by Gasteiger charge is -2.15. The topological polar surface area (TPSA) is 75.6 Å². The Morgan fingerprint density at radius 3 is 2.90 bits per heavy atom. The van der Waals surface area contributed by atoms with Crippen molar-refractivity contribution < 1.29 is 19.4 Å². The summed E-state index contributed by atoms with van der Waals surface area (Å²) in [5.41, 5.74) is 2.85. The predicted molar refractivity (Wildman–Crippen MR) is 73.9 cm³/mol. The summed E-state index contributed by atoms with van der Waals surface area (Å²) in [4.78, 5) is 23.4. The first-order chi connectivity index (χ1) is 9.63. The molecule has 0 spiro atoms. The first kappa shape index (κ1) is 14.5. The Kier molecular flexibility index (Phi) is 4.74. The molecule has 0 heterocycles. The number of aryl methyl sites for hydroxylation is 1. The number of rotatable bonds is 6. The molecule has 108 valence electrons. The molecule has 5 nitrogen and oxygen atoms in total. The molecule has 2 N–H and O–H groups in total. The van der Waals surface area contributed by atoms with E-state index in [4.69, 9.17) is 9.84 Å². The van der Waals surface area contributed by atoms with Crippen LogP contribution in [-0.2, 0) is 22.4 Å². The van der Waals surface area contributed by atoms with Gasteiger partial charge in [0.2, 0.25) is 0 Å². The highest BCUT2D eigenvalue weighted by Gasteiger charge is 2.23. The van der Waals surface area contributed by atoms with E-state index in [2.05, 4.69) is 5.32 Å². The van der Waals surface area contributed by atoms with Gasteiger partial charge in [0, 0.05) is 25.7 Å². The Hall–Kier alpha value is -1.88. The Morgan fingerprint density at radius 1 is 1.40 bits per heavy atom. The summed E-state index contributed by atoms with van der Waals surface area (Å²) in [6.07, 6.45) is 3.18. The monoisotopic (exact) mass is 277 g/mol. The molecule has 1 aliphatic rings. The fourth-order valence-corrected chi connectivity index (χ4v) is 2.56. The van der Waals surface area contributed by atoms with Gasteiger partial charge in [-0.05, 0) is 36.5 Å². The van der Waals surface area contributed by atoms with E-state index in [1.165, 1.54) is 12.7 Å². The van der Waals surface area contributed by atoms with Crippen molar-refractivity contribution in [3.8, 4) is 0 Å². The lowest BCUT2D eigenvalue weighted by molar-refractivity contribution is -0.139. The highest BCUT2D eigenvalue weighted by atomic mass is 16.5. The third kappa shape index (κ3) is 3.17. The second-order valence-electron chi connectivity index (χ2n) is 4.94. The van der Waals surface area contributed by atoms with Crippen LogP contribution in [0, 0.1) is 0 Å². The van der Waals surface area contributed by atoms with Crippen molar-refractivity contribution in [2.75, 3.05) is 13.7 Å². The molecule has 1 unspecified atom stereocenters. The van der Waals surface area contributed by atoms with Crippen LogP contribution in [0.5, 0.6) is 0 Å². The van der Waals surface area contributed by atoms with Crippen LogP contribution in [0.2, 0.25) is 0 Å². The van der Waals surface area contributed by atoms with E-state index >= 15 is 0 Å². The average molecular weight is 277 g/mol. The number of carbonyl (C=O) groups is 2. The Balaban J connectivity index is 2.11. The van der Waals surface area contributed by atoms with Crippen molar-refractivity contribution in [1.82, 2.24) is 5.32 Å². The number of aliphatic carboxylic acids is 1. The maximum absolute atomic E-state index is 12.3. The van der Waals surface area contributed by atoms with Gasteiger partial charge in [0.15, 0.2) is 0 Å². The number of hydrogen-bond donors (Lipinski definition) is 2. The Labute approximate surface area is 117 Å². The van der Waals surface area contributed by atoms with E-state index in [9.17, 15) is 9.59 Å². The quantitative estimate of drug-likeness (QED) is 0.824. The highest BCUT2D eigenvalue weighted by molar-refractivity contribution is 5.98.